The molecule has 0 heterocycles. The molecule has 2 N–H and O–H groups in total. The zero-order valence-corrected chi connectivity index (χ0v) is 13.6. The van der Waals surface area contributed by atoms with E-state index in [0.29, 0.717) is 24.0 Å². The van der Waals surface area contributed by atoms with Crippen molar-refractivity contribution < 1.29 is 8.42 Å². The summed E-state index contributed by atoms with van der Waals surface area (Å²) < 4.78 is 27.1. The SMILES string of the molecule is Cc1ccccc1S(=O)(=O)NCCNC1CCCCCC1. The number of aryl methyl sites for hydroxylation is 1. The van der Waals surface area contributed by atoms with E-state index in [4.69, 9.17) is 0 Å². The molecule has 1 aliphatic carbocycles. The van der Waals surface area contributed by atoms with E-state index >= 15 is 0 Å². The molecule has 1 saturated carbocycles. The van der Waals surface area contributed by atoms with Crippen molar-refractivity contribution in [3.05, 3.63) is 29.8 Å². The second kappa shape index (κ2) is 7.92. The third kappa shape index (κ3) is 5.09. The maximum absolute atomic E-state index is 12.2. The first-order valence-electron chi connectivity index (χ1n) is 7.88. The normalized spacial score (nSPS) is 17.6. The van der Waals surface area contributed by atoms with Crippen LogP contribution in [0.15, 0.2) is 29.2 Å². The number of benzene rings is 1. The predicted molar refractivity (Wildman–Crippen MR) is 85.9 cm³/mol. The third-order valence-corrected chi connectivity index (χ3v) is 5.71. The number of hydrogen-bond acceptors (Lipinski definition) is 3. The van der Waals surface area contributed by atoms with Crippen molar-refractivity contribution in [2.75, 3.05) is 13.1 Å². The van der Waals surface area contributed by atoms with Gasteiger partial charge in [-0.1, -0.05) is 43.9 Å². The molecular formula is C16H26N2O2S. The molecule has 118 valence electrons. The van der Waals surface area contributed by atoms with Crippen LogP contribution < -0.4 is 10.0 Å². The molecule has 0 bridgehead atoms. The lowest BCUT2D eigenvalue weighted by atomic mass is 10.1. The van der Waals surface area contributed by atoms with Crippen molar-refractivity contribution in [1.29, 1.82) is 0 Å². The second-order valence-electron chi connectivity index (χ2n) is 5.81. The van der Waals surface area contributed by atoms with Crippen LogP contribution in [0.1, 0.15) is 44.1 Å². The van der Waals surface area contributed by atoms with Gasteiger partial charge in [0, 0.05) is 19.1 Å². The highest BCUT2D eigenvalue weighted by atomic mass is 32.2. The fourth-order valence-electron chi connectivity index (χ4n) is 2.88. The minimum Gasteiger partial charge on any atom is -0.313 e. The summed E-state index contributed by atoms with van der Waals surface area (Å²) in [6.45, 7) is 2.95. The molecule has 1 aromatic carbocycles. The van der Waals surface area contributed by atoms with Gasteiger partial charge in [-0.05, 0) is 31.4 Å². The Morgan fingerprint density at radius 3 is 2.38 bits per heavy atom. The quantitative estimate of drug-likeness (QED) is 0.627. The van der Waals surface area contributed by atoms with Crippen LogP contribution in [0.4, 0.5) is 0 Å². The molecule has 2 rings (SSSR count). The summed E-state index contributed by atoms with van der Waals surface area (Å²) in [6, 6.07) is 7.62. The molecule has 1 fully saturated rings. The highest BCUT2D eigenvalue weighted by Gasteiger charge is 2.16. The molecule has 0 amide bonds. The lowest BCUT2D eigenvalue weighted by molar-refractivity contribution is 0.461. The van der Waals surface area contributed by atoms with Crippen LogP contribution >= 0.6 is 0 Å². The molecule has 0 atom stereocenters. The van der Waals surface area contributed by atoms with E-state index in [9.17, 15) is 8.42 Å². The monoisotopic (exact) mass is 310 g/mol. The molecule has 1 aliphatic rings. The fraction of sp³-hybridized carbons (Fsp3) is 0.625. The van der Waals surface area contributed by atoms with Crippen LogP contribution in [0.2, 0.25) is 0 Å². The van der Waals surface area contributed by atoms with Crippen LogP contribution in [0.5, 0.6) is 0 Å². The minimum absolute atomic E-state index is 0.375. The molecule has 1 aromatic rings. The maximum atomic E-state index is 12.2. The summed E-state index contributed by atoms with van der Waals surface area (Å²) in [7, 11) is -3.39. The van der Waals surface area contributed by atoms with Gasteiger partial charge in [0.25, 0.3) is 0 Å². The summed E-state index contributed by atoms with van der Waals surface area (Å²) in [5, 5.41) is 3.47. The van der Waals surface area contributed by atoms with Gasteiger partial charge in [-0.25, -0.2) is 13.1 Å². The first-order valence-corrected chi connectivity index (χ1v) is 9.36. The molecule has 0 aliphatic heterocycles. The van der Waals surface area contributed by atoms with E-state index in [1.165, 1.54) is 38.5 Å². The highest BCUT2D eigenvalue weighted by Crippen LogP contribution is 2.17. The Labute approximate surface area is 128 Å². The van der Waals surface area contributed by atoms with Crippen molar-refractivity contribution in [2.24, 2.45) is 0 Å². The smallest absolute Gasteiger partial charge is 0.240 e. The summed E-state index contributed by atoms with van der Waals surface area (Å²) >= 11 is 0. The molecule has 0 spiro atoms. The Hall–Kier alpha value is -0.910. The van der Waals surface area contributed by atoms with Crippen molar-refractivity contribution in [3.8, 4) is 0 Å². The zero-order chi connectivity index (χ0) is 15.1. The van der Waals surface area contributed by atoms with Crippen LogP contribution in [0, 0.1) is 6.92 Å². The Morgan fingerprint density at radius 1 is 1.05 bits per heavy atom. The summed E-state index contributed by atoms with van der Waals surface area (Å²) in [5.41, 5.74) is 0.779. The Kier molecular flexibility index (Phi) is 6.21. The van der Waals surface area contributed by atoms with Gasteiger partial charge in [0.2, 0.25) is 10.0 Å². The molecule has 0 unspecified atom stereocenters. The summed E-state index contributed by atoms with van der Waals surface area (Å²) in [4.78, 5) is 0.375. The fourth-order valence-corrected chi connectivity index (χ4v) is 4.16. The lowest BCUT2D eigenvalue weighted by Crippen LogP contribution is -2.37. The van der Waals surface area contributed by atoms with Crippen LogP contribution in [-0.4, -0.2) is 27.5 Å². The van der Waals surface area contributed by atoms with Gasteiger partial charge in [-0.2, -0.15) is 0 Å². The Bertz CT molecular complexity index is 535. The van der Waals surface area contributed by atoms with Crippen LogP contribution in [0.25, 0.3) is 0 Å². The topological polar surface area (TPSA) is 58.2 Å². The Morgan fingerprint density at radius 2 is 1.71 bits per heavy atom. The Balaban J connectivity index is 1.78. The van der Waals surface area contributed by atoms with Gasteiger partial charge in [0.05, 0.1) is 4.90 Å². The molecule has 21 heavy (non-hydrogen) atoms. The van der Waals surface area contributed by atoms with Crippen LogP contribution in [-0.2, 0) is 10.0 Å². The van der Waals surface area contributed by atoms with Crippen molar-refractivity contribution in [3.63, 3.8) is 0 Å². The standard InChI is InChI=1S/C16H26N2O2S/c1-14-8-6-7-11-16(14)21(19,20)18-13-12-17-15-9-4-2-3-5-10-15/h6-8,11,15,17-18H,2-5,9-10,12-13H2,1H3. The molecule has 5 heteroatoms. The van der Waals surface area contributed by atoms with Gasteiger partial charge >= 0.3 is 0 Å². The maximum Gasteiger partial charge on any atom is 0.240 e. The summed E-state index contributed by atoms with van der Waals surface area (Å²) in [5.74, 6) is 0. The molecule has 0 saturated heterocycles. The number of sulfonamides is 1. The molecule has 0 aromatic heterocycles. The average Bonchev–Trinajstić information content (AvgIpc) is 2.72. The van der Waals surface area contributed by atoms with E-state index in [1.54, 1.807) is 12.1 Å². The second-order valence-corrected chi connectivity index (χ2v) is 7.54. The summed E-state index contributed by atoms with van der Waals surface area (Å²) in [6.07, 6.45) is 7.66. The van der Waals surface area contributed by atoms with Gasteiger partial charge in [0.1, 0.15) is 0 Å². The molecule has 4 nitrogen and oxygen atoms in total. The third-order valence-electron chi connectivity index (χ3n) is 4.09. The first-order chi connectivity index (χ1) is 10.1. The average molecular weight is 310 g/mol. The van der Waals surface area contributed by atoms with E-state index in [1.807, 2.05) is 19.1 Å². The van der Waals surface area contributed by atoms with Gasteiger partial charge in [0.15, 0.2) is 0 Å². The number of hydrogen-bond donors (Lipinski definition) is 2. The number of nitrogens with one attached hydrogen (secondary N) is 2. The van der Waals surface area contributed by atoms with E-state index in [-0.39, 0.29) is 0 Å². The van der Waals surface area contributed by atoms with Crippen molar-refractivity contribution in [1.82, 2.24) is 10.0 Å². The van der Waals surface area contributed by atoms with Gasteiger partial charge in [-0.15, -0.1) is 0 Å². The van der Waals surface area contributed by atoms with E-state index < -0.39 is 10.0 Å². The minimum atomic E-state index is -3.39. The van der Waals surface area contributed by atoms with Crippen molar-refractivity contribution in [2.45, 2.75) is 56.4 Å². The van der Waals surface area contributed by atoms with Crippen molar-refractivity contribution >= 4 is 10.0 Å². The largest absolute Gasteiger partial charge is 0.313 e. The molecule has 0 radical (unpaired) electrons. The first kappa shape index (κ1) is 16.5. The lowest BCUT2D eigenvalue weighted by Gasteiger charge is -2.16. The highest BCUT2D eigenvalue weighted by molar-refractivity contribution is 7.89. The molecular weight excluding hydrogens is 284 g/mol. The predicted octanol–water partition coefficient (Wildman–Crippen LogP) is 2.59. The van der Waals surface area contributed by atoms with Crippen LogP contribution in [0.3, 0.4) is 0 Å². The zero-order valence-electron chi connectivity index (χ0n) is 12.8. The van der Waals surface area contributed by atoms with Gasteiger partial charge in [-0.3, -0.25) is 0 Å². The van der Waals surface area contributed by atoms with Gasteiger partial charge < -0.3 is 5.32 Å². The number of rotatable bonds is 6. The van der Waals surface area contributed by atoms with E-state index in [0.717, 1.165) is 5.56 Å². The van der Waals surface area contributed by atoms with E-state index in [2.05, 4.69) is 10.0 Å².